The number of piperidine rings is 1. The van der Waals surface area contributed by atoms with E-state index in [2.05, 4.69) is 34.5 Å². The Labute approximate surface area is 102 Å². The van der Waals surface area contributed by atoms with Crippen molar-refractivity contribution < 1.29 is 4.79 Å². The number of carbonyl (C=O) groups is 1. The Morgan fingerprint density at radius 3 is 2.88 bits per heavy atom. The minimum Gasteiger partial charge on any atom is -0.341 e. The van der Waals surface area contributed by atoms with Crippen LogP contribution in [0.1, 0.15) is 32.6 Å². The molecule has 0 aromatic rings. The van der Waals surface area contributed by atoms with Gasteiger partial charge in [-0.3, -0.25) is 10.1 Å². The summed E-state index contributed by atoms with van der Waals surface area (Å²) in [4.78, 5) is 18.9. The molecule has 2 saturated heterocycles. The molecule has 2 aliphatic heterocycles. The van der Waals surface area contributed by atoms with Crippen molar-refractivity contribution in [2.45, 2.75) is 50.2 Å². The van der Waals surface area contributed by atoms with Crippen LogP contribution >= 0.6 is 0 Å². The van der Waals surface area contributed by atoms with E-state index in [4.69, 9.17) is 0 Å². The van der Waals surface area contributed by atoms with E-state index in [1.165, 1.54) is 0 Å². The normalized spacial score (nSPS) is 40.7. The van der Waals surface area contributed by atoms with Crippen LogP contribution < -0.4 is 10.6 Å². The third-order valence-electron chi connectivity index (χ3n) is 4.17. The van der Waals surface area contributed by atoms with Crippen LogP contribution in [0.5, 0.6) is 0 Å². The van der Waals surface area contributed by atoms with Crippen LogP contribution in [0, 0.1) is 0 Å². The van der Waals surface area contributed by atoms with Crippen molar-refractivity contribution >= 4 is 11.9 Å². The lowest BCUT2D eigenvalue weighted by atomic mass is 9.84. The second-order valence-electron chi connectivity index (χ2n) is 5.65. The van der Waals surface area contributed by atoms with Gasteiger partial charge in [-0.05, 0) is 39.7 Å². The third kappa shape index (κ3) is 1.92. The van der Waals surface area contributed by atoms with Crippen LogP contribution in [0.15, 0.2) is 4.99 Å². The number of carbonyl (C=O) groups excluding carboxylic acids is 1. The first-order valence-corrected chi connectivity index (χ1v) is 6.47. The molecule has 94 valence electrons. The summed E-state index contributed by atoms with van der Waals surface area (Å²) >= 11 is 0. The zero-order chi connectivity index (χ0) is 12.0. The van der Waals surface area contributed by atoms with E-state index in [1.54, 1.807) is 0 Å². The molecule has 3 rings (SSSR count). The van der Waals surface area contributed by atoms with Gasteiger partial charge in [0.25, 0.3) is 5.91 Å². The largest absolute Gasteiger partial charge is 0.341 e. The summed E-state index contributed by atoms with van der Waals surface area (Å²) in [6, 6.07) is 0.874. The highest BCUT2D eigenvalue weighted by molar-refractivity contribution is 6.09. The van der Waals surface area contributed by atoms with Gasteiger partial charge in [0, 0.05) is 12.6 Å². The first-order valence-electron chi connectivity index (χ1n) is 6.47. The molecule has 5 nitrogen and oxygen atoms in total. The van der Waals surface area contributed by atoms with Crippen molar-refractivity contribution in [1.82, 2.24) is 15.5 Å². The SMILES string of the molecule is CC1CC2(CCN1C)NC(=NC1CC1)NC2=O. The molecule has 0 aromatic carbocycles. The summed E-state index contributed by atoms with van der Waals surface area (Å²) in [5.41, 5.74) is -0.403. The topological polar surface area (TPSA) is 56.7 Å². The number of rotatable bonds is 1. The van der Waals surface area contributed by atoms with Crippen LogP contribution in [-0.4, -0.2) is 48.0 Å². The molecule has 5 heteroatoms. The van der Waals surface area contributed by atoms with Crippen molar-refractivity contribution in [3.8, 4) is 0 Å². The fraction of sp³-hybridized carbons (Fsp3) is 0.833. The minimum absolute atomic E-state index is 0.108. The fourth-order valence-electron chi connectivity index (χ4n) is 2.66. The molecule has 3 fully saturated rings. The predicted octanol–water partition coefficient (Wildman–Crippen LogP) is 0.0771. The lowest BCUT2D eigenvalue weighted by Crippen LogP contribution is -2.57. The van der Waals surface area contributed by atoms with Gasteiger partial charge in [0.05, 0.1) is 6.04 Å². The first kappa shape index (κ1) is 11.0. The molecule has 2 unspecified atom stereocenters. The van der Waals surface area contributed by atoms with Crippen LogP contribution in [0.4, 0.5) is 0 Å². The van der Waals surface area contributed by atoms with E-state index in [-0.39, 0.29) is 5.91 Å². The third-order valence-corrected chi connectivity index (χ3v) is 4.17. The highest BCUT2D eigenvalue weighted by atomic mass is 16.2. The molecule has 17 heavy (non-hydrogen) atoms. The van der Waals surface area contributed by atoms with Gasteiger partial charge in [-0.2, -0.15) is 0 Å². The number of hydrogen-bond acceptors (Lipinski definition) is 3. The quantitative estimate of drug-likeness (QED) is 0.678. The average molecular weight is 236 g/mol. The highest BCUT2D eigenvalue weighted by Gasteiger charge is 2.48. The molecule has 3 aliphatic rings. The van der Waals surface area contributed by atoms with Gasteiger partial charge in [0.15, 0.2) is 5.96 Å². The Bertz CT molecular complexity index is 377. The van der Waals surface area contributed by atoms with Crippen LogP contribution in [0.3, 0.4) is 0 Å². The van der Waals surface area contributed by atoms with Gasteiger partial charge in [0.2, 0.25) is 0 Å². The Kier molecular flexibility index (Phi) is 2.40. The summed E-state index contributed by atoms with van der Waals surface area (Å²) < 4.78 is 0. The molecule has 2 atom stereocenters. The second kappa shape index (κ2) is 3.70. The van der Waals surface area contributed by atoms with Gasteiger partial charge in [-0.1, -0.05) is 0 Å². The standard InChI is InChI=1S/C12H20N4O/c1-8-7-12(5-6-16(8)2)10(17)14-11(15-12)13-9-3-4-9/h8-9H,3-7H2,1-2H3,(H2,13,14,15,17). The fourth-order valence-corrected chi connectivity index (χ4v) is 2.66. The highest BCUT2D eigenvalue weighted by Crippen LogP contribution is 2.30. The Hall–Kier alpha value is -1.10. The molecular weight excluding hydrogens is 216 g/mol. The van der Waals surface area contributed by atoms with Gasteiger partial charge in [-0.15, -0.1) is 0 Å². The zero-order valence-electron chi connectivity index (χ0n) is 10.5. The molecule has 1 aliphatic carbocycles. The Morgan fingerprint density at radius 2 is 2.24 bits per heavy atom. The van der Waals surface area contributed by atoms with Gasteiger partial charge < -0.3 is 10.2 Å². The van der Waals surface area contributed by atoms with Crippen molar-refractivity contribution in [3.05, 3.63) is 0 Å². The van der Waals surface area contributed by atoms with Gasteiger partial charge >= 0.3 is 0 Å². The Balaban J connectivity index is 1.76. The number of aliphatic imine (C=N–C) groups is 1. The number of nitrogens with one attached hydrogen (secondary N) is 2. The maximum absolute atomic E-state index is 12.1. The molecular formula is C12H20N4O. The van der Waals surface area contributed by atoms with Crippen molar-refractivity contribution in [2.24, 2.45) is 4.99 Å². The molecule has 0 radical (unpaired) electrons. The molecule has 2 heterocycles. The van der Waals surface area contributed by atoms with E-state index in [1.807, 2.05) is 0 Å². The zero-order valence-corrected chi connectivity index (χ0v) is 10.5. The number of amides is 1. The maximum Gasteiger partial charge on any atom is 0.252 e. The molecule has 0 aromatic heterocycles. The Morgan fingerprint density at radius 1 is 1.47 bits per heavy atom. The summed E-state index contributed by atoms with van der Waals surface area (Å²) in [5, 5.41) is 6.24. The monoisotopic (exact) mass is 236 g/mol. The van der Waals surface area contributed by atoms with Crippen LogP contribution in [0.2, 0.25) is 0 Å². The van der Waals surface area contributed by atoms with Gasteiger partial charge in [0.1, 0.15) is 5.54 Å². The number of likely N-dealkylation sites (tertiary alicyclic amines) is 1. The molecule has 1 saturated carbocycles. The van der Waals surface area contributed by atoms with Crippen molar-refractivity contribution in [1.29, 1.82) is 0 Å². The number of hydrogen-bond donors (Lipinski definition) is 2. The molecule has 1 spiro atoms. The second-order valence-corrected chi connectivity index (χ2v) is 5.65. The van der Waals surface area contributed by atoms with E-state index in [0.717, 1.165) is 32.2 Å². The van der Waals surface area contributed by atoms with E-state index in [9.17, 15) is 4.79 Å². The van der Waals surface area contributed by atoms with Gasteiger partial charge in [-0.25, -0.2) is 4.99 Å². The lowest BCUT2D eigenvalue weighted by Gasteiger charge is -2.40. The number of nitrogens with zero attached hydrogens (tertiary/aromatic N) is 2. The van der Waals surface area contributed by atoms with E-state index < -0.39 is 5.54 Å². The minimum atomic E-state index is -0.403. The summed E-state index contributed by atoms with van der Waals surface area (Å²) in [7, 11) is 2.11. The summed E-state index contributed by atoms with van der Waals surface area (Å²) in [6.07, 6.45) is 4.04. The van der Waals surface area contributed by atoms with E-state index in [0.29, 0.717) is 18.0 Å². The number of guanidine groups is 1. The average Bonchev–Trinajstić information content (AvgIpc) is 3.02. The van der Waals surface area contributed by atoms with Crippen LogP contribution in [-0.2, 0) is 4.79 Å². The lowest BCUT2D eigenvalue weighted by molar-refractivity contribution is -0.126. The summed E-state index contributed by atoms with van der Waals surface area (Å²) in [5.74, 6) is 0.811. The molecule has 1 amide bonds. The maximum atomic E-state index is 12.1. The van der Waals surface area contributed by atoms with E-state index >= 15 is 0 Å². The predicted molar refractivity (Wildman–Crippen MR) is 65.8 cm³/mol. The molecule has 2 N–H and O–H groups in total. The smallest absolute Gasteiger partial charge is 0.252 e. The van der Waals surface area contributed by atoms with Crippen molar-refractivity contribution in [3.63, 3.8) is 0 Å². The first-order chi connectivity index (χ1) is 8.09. The molecule has 0 bridgehead atoms. The van der Waals surface area contributed by atoms with Crippen molar-refractivity contribution in [2.75, 3.05) is 13.6 Å². The van der Waals surface area contributed by atoms with Crippen LogP contribution in [0.25, 0.3) is 0 Å². The summed E-state index contributed by atoms with van der Waals surface area (Å²) in [6.45, 7) is 3.13.